The van der Waals surface area contributed by atoms with E-state index in [1.807, 2.05) is 0 Å². The molecule has 0 aliphatic heterocycles. The predicted molar refractivity (Wildman–Crippen MR) is 94.6 cm³/mol. The molecular formula is C22H30O. The first-order valence-electron chi connectivity index (χ1n) is 9.63. The van der Waals surface area contributed by atoms with Crippen LogP contribution in [0.3, 0.4) is 0 Å². The zero-order valence-corrected chi connectivity index (χ0v) is 14.5. The second-order valence-corrected chi connectivity index (χ2v) is 8.59. The van der Waals surface area contributed by atoms with E-state index in [1.165, 1.54) is 37.7 Å². The summed E-state index contributed by atoms with van der Waals surface area (Å²) >= 11 is 0. The smallest absolute Gasteiger partial charge is 0.131 e. The van der Waals surface area contributed by atoms with Crippen molar-refractivity contribution in [2.24, 2.45) is 29.1 Å². The molecule has 0 aromatic carbocycles. The highest BCUT2D eigenvalue weighted by atomic mass is 16.3. The Balaban J connectivity index is 1.67. The van der Waals surface area contributed by atoms with Crippen molar-refractivity contribution in [3.8, 4) is 12.3 Å². The van der Waals surface area contributed by atoms with E-state index in [-0.39, 0.29) is 5.41 Å². The fourth-order valence-electron chi connectivity index (χ4n) is 7.06. The number of hydrogen-bond acceptors (Lipinski definition) is 1. The third kappa shape index (κ3) is 1.97. The Bertz CT molecular complexity index is 594. The normalized spacial score (nSPS) is 48.7. The van der Waals surface area contributed by atoms with E-state index in [1.54, 1.807) is 5.57 Å². The molecule has 0 unspecified atom stereocenters. The minimum absolute atomic E-state index is 0.0115. The molecule has 0 saturated heterocycles. The standard InChI is InChI=1S/C22H30O/c1-4-21-12-10-18-17-8-6-15(3)14-16(17)7-9-19(18)20(21)11-13-22(21,23)5-2/h2,14,17-20,23H,3-4,6-13H2,1H3/t17-,18+,19+,20-,21-,22-/m0/s1. The molecule has 0 aromatic heterocycles. The molecule has 3 saturated carbocycles. The van der Waals surface area contributed by atoms with Gasteiger partial charge in [-0.15, -0.1) is 6.42 Å². The number of allylic oxidation sites excluding steroid dienone is 3. The molecule has 0 amide bonds. The topological polar surface area (TPSA) is 20.2 Å². The van der Waals surface area contributed by atoms with Gasteiger partial charge in [0.15, 0.2) is 0 Å². The van der Waals surface area contributed by atoms with Gasteiger partial charge in [-0.2, -0.15) is 0 Å². The summed E-state index contributed by atoms with van der Waals surface area (Å²) < 4.78 is 0. The van der Waals surface area contributed by atoms with Gasteiger partial charge in [0.2, 0.25) is 0 Å². The lowest BCUT2D eigenvalue weighted by Gasteiger charge is -2.56. The number of fused-ring (bicyclic) bond motifs is 5. The Morgan fingerprint density at radius 2 is 2.04 bits per heavy atom. The molecule has 1 N–H and O–H groups in total. The lowest BCUT2D eigenvalue weighted by atomic mass is 9.49. The second-order valence-electron chi connectivity index (χ2n) is 8.59. The molecular weight excluding hydrogens is 280 g/mol. The molecule has 1 nitrogen and oxygen atoms in total. The molecule has 3 fully saturated rings. The van der Waals surface area contributed by atoms with Crippen molar-refractivity contribution in [1.29, 1.82) is 0 Å². The van der Waals surface area contributed by atoms with E-state index >= 15 is 0 Å². The van der Waals surface area contributed by atoms with Gasteiger partial charge in [-0.3, -0.25) is 0 Å². The first kappa shape index (κ1) is 15.5. The van der Waals surface area contributed by atoms with Crippen LogP contribution in [0.15, 0.2) is 23.8 Å². The van der Waals surface area contributed by atoms with Gasteiger partial charge >= 0.3 is 0 Å². The SMILES string of the molecule is C#C[C@]1(O)CC[C@H]2[C@@H]3CCC4=CC(=C)CC[C@@H]4[C@H]3CC[C@@]21CC. The number of rotatable bonds is 1. The van der Waals surface area contributed by atoms with Crippen molar-refractivity contribution in [3.63, 3.8) is 0 Å². The predicted octanol–water partition coefficient (Wildman–Crippen LogP) is 4.87. The van der Waals surface area contributed by atoms with E-state index in [4.69, 9.17) is 6.42 Å². The Hall–Kier alpha value is -1.00. The monoisotopic (exact) mass is 310 g/mol. The Labute approximate surface area is 141 Å². The zero-order valence-electron chi connectivity index (χ0n) is 14.5. The van der Waals surface area contributed by atoms with Crippen LogP contribution in [0, 0.1) is 41.4 Å². The van der Waals surface area contributed by atoms with Crippen LogP contribution >= 0.6 is 0 Å². The third-order valence-electron chi connectivity index (χ3n) is 8.14. The van der Waals surface area contributed by atoms with E-state index in [2.05, 4.69) is 25.5 Å². The molecule has 4 rings (SSSR count). The van der Waals surface area contributed by atoms with E-state index < -0.39 is 5.60 Å². The van der Waals surface area contributed by atoms with Crippen molar-refractivity contribution in [2.75, 3.05) is 0 Å². The van der Waals surface area contributed by atoms with E-state index in [0.29, 0.717) is 5.92 Å². The van der Waals surface area contributed by atoms with Crippen LogP contribution in [0.1, 0.15) is 64.7 Å². The summed E-state index contributed by atoms with van der Waals surface area (Å²) in [5.74, 6) is 5.85. The molecule has 6 atom stereocenters. The average molecular weight is 310 g/mol. The minimum Gasteiger partial charge on any atom is -0.377 e. The number of aliphatic hydroxyl groups is 1. The molecule has 4 aliphatic rings. The summed E-state index contributed by atoms with van der Waals surface area (Å²) in [5.41, 5.74) is 2.14. The molecule has 0 spiro atoms. The highest BCUT2D eigenvalue weighted by Crippen LogP contribution is 2.66. The molecule has 4 aliphatic carbocycles. The van der Waals surface area contributed by atoms with Crippen molar-refractivity contribution in [2.45, 2.75) is 70.3 Å². The first-order valence-corrected chi connectivity index (χ1v) is 9.63. The van der Waals surface area contributed by atoms with Crippen LogP contribution in [-0.4, -0.2) is 10.7 Å². The molecule has 23 heavy (non-hydrogen) atoms. The maximum atomic E-state index is 11.1. The van der Waals surface area contributed by atoms with Gasteiger partial charge in [-0.25, -0.2) is 0 Å². The van der Waals surface area contributed by atoms with Crippen LogP contribution in [0.25, 0.3) is 0 Å². The average Bonchev–Trinajstić information content (AvgIpc) is 2.88. The summed E-state index contributed by atoms with van der Waals surface area (Å²) in [5, 5.41) is 11.1. The highest BCUT2D eigenvalue weighted by molar-refractivity contribution is 5.31. The molecule has 0 radical (unpaired) electrons. The number of hydrogen-bond donors (Lipinski definition) is 1. The minimum atomic E-state index is -0.853. The highest BCUT2D eigenvalue weighted by Gasteiger charge is 2.63. The van der Waals surface area contributed by atoms with Gasteiger partial charge in [0.25, 0.3) is 0 Å². The summed E-state index contributed by atoms with van der Waals surface area (Å²) in [6.45, 7) is 6.43. The van der Waals surface area contributed by atoms with Crippen LogP contribution < -0.4 is 0 Å². The Morgan fingerprint density at radius 1 is 1.22 bits per heavy atom. The second kappa shape index (κ2) is 5.25. The van der Waals surface area contributed by atoms with Gasteiger partial charge in [0.1, 0.15) is 5.60 Å². The quantitative estimate of drug-likeness (QED) is 0.685. The maximum Gasteiger partial charge on any atom is 0.131 e. The summed E-state index contributed by atoms with van der Waals surface area (Å²) in [6, 6.07) is 0. The fourth-order valence-corrected chi connectivity index (χ4v) is 7.06. The van der Waals surface area contributed by atoms with Crippen molar-refractivity contribution >= 4 is 0 Å². The molecule has 0 aromatic rings. The van der Waals surface area contributed by atoms with Gasteiger partial charge in [0.05, 0.1) is 0 Å². The maximum absolute atomic E-state index is 11.1. The lowest BCUT2D eigenvalue weighted by molar-refractivity contribution is -0.0991. The molecule has 0 bridgehead atoms. The molecule has 0 heterocycles. The van der Waals surface area contributed by atoms with Gasteiger partial charge in [0, 0.05) is 5.41 Å². The van der Waals surface area contributed by atoms with Crippen LogP contribution in [0.5, 0.6) is 0 Å². The summed E-state index contributed by atoms with van der Waals surface area (Å²) in [7, 11) is 0. The molecule has 124 valence electrons. The van der Waals surface area contributed by atoms with Gasteiger partial charge in [-0.1, -0.05) is 36.6 Å². The Kier molecular flexibility index (Phi) is 3.54. The lowest BCUT2D eigenvalue weighted by Crippen LogP contribution is -2.53. The zero-order chi connectivity index (χ0) is 16.2. The van der Waals surface area contributed by atoms with Crippen molar-refractivity contribution < 1.29 is 5.11 Å². The molecule has 1 heteroatoms. The van der Waals surface area contributed by atoms with E-state index in [9.17, 15) is 5.11 Å². The van der Waals surface area contributed by atoms with Crippen LogP contribution in [0.2, 0.25) is 0 Å². The van der Waals surface area contributed by atoms with E-state index in [0.717, 1.165) is 43.4 Å². The largest absolute Gasteiger partial charge is 0.377 e. The van der Waals surface area contributed by atoms with Crippen LogP contribution in [-0.2, 0) is 0 Å². The van der Waals surface area contributed by atoms with Gasteiger partial charge < -0.3 is 5.11 Å². The Morgan fingerprint density at radius 3 is 2.78 bits per heavy atom. The third-order valence-corrected chi connectivity index (χ3v) is 8.14. The van der Waals surface area contributed by atoms with Crippen molar-refractivity contribution in [3.05, 3.63) is 23.8 Å². The van der Waals surface area contributed by atoms with Crippen molar-refractivity contribution in [1.82, 2.24) is 0 Å². The first-order chi connectivity index (χ1) is 11.0. The van der Waals surface area contributed by atoms with Gasteiger partial charge in [-0.05, 0) is 81.5 Å². The fraction of sp³-hybridized carbons (Fsp3) is 0.727. The summed E-state index contributed by atoms with van der Waals surface area (Å²) in [6.07, 6.45) is 18.6. The number of terminal acetylenes is 1. The summed E-state index contributed by atoms with van der Waals surface area (Å²) in [4.78, 5) is 0. The van der Waals surface area contributed by atoms with Crippen LogP contribution in [0.4, 0.5) is 0 Å².